The van der Waals surface area contributed by atoms with E-state index in [1.807, 2.05) is 0 Å². The fraction of sp³-hybridized carbons (Fsp3) is 0.300. The molecule has 0 saturated carbocycles. The third kappa shape index (κ3) is 6.73. The van der Waals surface area contributed by atoms with E-state index in [1.54, 1.807) is 38.3 Å². The number of halogens is 2. The lowest BCUT2D eigenvalue weighted by molar-refractivity contribution is -0.150. The summed E-state index contributed by atoms with van der Waals surface area (Å²) in [7, 11) is 3.09. The third-order valence-electron chi connectivity index (χ3n) is 3.88. The molecule has 1 unspecified atom stereocenters. The van der Waals surface area contributed by atoms with Crippen molar-refractivity contribution in [2.24, 2.45) is 0 Å². The Hall–Kier alpha value is -2.64. The highest BCUT2D eigenvalue weighted by molar-refractivity contribution is 6.35. The van der Waals surface area contributed by atoms with Crippen molar-refractivity contribution in [3.8, 4) is 17.2 Å². The number of carbonyl (C=O) groups excluding carboxylic acids is 2. The molecule has 0 aliphatic heterocycles. The van der Waals surface area contributed by atoms with Gasteiger partial charge in [0.1, 0.15) is 17.2 Å². The van der Waals surface area contributed by atoms with Crippen LogP contribution >= 0.6 is 23.2 Å². The van der Waals surface area contributed by atoms with E-state index >= 15 is 0 Å². The average Bonchev–Trinajstić information content (AvgIpc) is 2.71. The minimum atomic E-state index is -0.710. The molecular formula is C20H21Cl2NO6. The highest BCUT2D eigenvalue weighted by Gasteiger charge is 2.17. The average molecular weight is 442 g/mol. The Morgan fingerprint density at radius 2 is 1.72 bits per heavy atom. The van der Waals surface area contributed by atoms with Crippen LogP contribution in [-0.2, 0) is 14.3 Å². The van der Waals surface area contributed by atoms with E-state index in [1.165, 1.54) is 19.2 Å². The van der Waals surface area contributed by atoms with Gasteiger partial charge < -0.3 is 24.3 Å². The van der Waals surface area contributed by atoms with Crippen molar-refractivity contribution in [3.63, 3.8) is 0 Å². The zero-order valence-corrected chi connectivity index (χ0v) is 17.7. The Morgan fingerprint density at radius 1 is 1.00 bits per heavy atom. The number of carbonyl (C=O) groups is 2. The van der Waals surface area contributed by atoms with Crippen LogP contribution in [0, 0.1) is 0 Å². The molecule has 0 heterocycles. The van der Waals surface area contributed by atoms with Gasteiger partial charge in [0.15, 0.2) is 13.2 Å². The Kier molecular flexibility index (Phi) is 8.42. The van der Waals surface area contributed by atoms with E-state index in [2.05, 4.69) is 5.32 Å². The zero-order chi connectivity index (χ0) is 21.4. The molecule has 1 atom stereocenters. The van der Waals surface area contributed by atoms with E-state index in [4.69, 9.17) is 42.1 Å². The summed E-state index contributed by atoms with van der Waals surface area (Å²) in [5.41, 5.74) is 0.729. The van der Waals surface area contributed by atoms with Crippen LogP contribution in [-0.4, -0.2) is 39.3 Å². The number of hydrogen-bond donors (Lipinski definition) is 1. The Bertz CT molecular complexity index is 874. The number of ether oxygens (including phenoxy) is 4. The lowest BCUT2D eigenvalue weighted by atomic mass is 10.1. The summed E-state index contributed by atoms with van der Waals surface area (Å²) >= 11 is 11.8. The fourth-order valence-electron chi connectivity index (χ4n) is 2.46. The number of benzene rings is 2. The normalized spacial score (nSPS) is 11.3. The van der Waals surface area contributed by atoms with Crippen LogP contribution in [0.25, 0.3) is 0 Å². The molecule has 0 aliphatic rings. The van der Waals surface area contributed by atoms with Crippen molar-refractivity contribution >= 4 is 35.1 Å². The first-order valence-electron chi connectivity index (χ1n) is 8.58. The van der Waals surface area contributed by atoms with Gasteiger partial charge in [0, 0.05) is 10.6 Å². The monoisotopic (exact) mass is 441 g/mol. The van der Waals surface area contributed by atoms with Crippen LogP contribution < -0.4 is 19.5 Å². The molecule has 0 spiro atoms. The van der Waals surface area contributed by atoms with E-state index in [0.717, 1.165) is 5.56 Å². The first-order chi connectivity index (χ1) is 13.8. The van der Waals surface area contributed by atoms with Gasteiger partial charge in [-0.05, 0) is 43.3 Å². The molecule has 0 aromatic heterocycles. The van der Waals surface area contributed by atoms with Crippen molar-refractivity contribution in [3.05, 3.63) is 52.0 Å². The van der Waals surface area contributed by atoms with Crippen LogP contribution in [0.1, 0.15) is 18.5 Å². The minimum absolute atomic E-state index is 0.268. The third-order valence-corrected chi connectivity index (χ3v) is 4.42. The maximum absolute atomic E-state index is 12.1. The van der Waals surface area contributed by atoms with Crippen LogP contribution in [0.2, 0.25) is 10.0 Å². The second-order valence-electron chi connectivity index (χ2n) is 5.92. The van der Waals surface area contributed by atoms with Gasteiger partial charge in [-0.25, -0.2) is 4.79 Å². The van der Waals surface area contributed by atoms with Crippen LogP contribution in [0.4, 0.5) is 0 Å². The van der Waals surface area contributed by atoms with E-state index in [9.17, 15) is 9.59 Å². The standard InChI is InChI=1S/C20H21Cl2NO6/c1-12(15-9-14(26-2)5-7-17(15)27-3)23-19(24)10-29-20(25)11-28-18-6-4-13(21)8-16(18)22/h4-9,12H,10-11H2,1-3H3,(H,23,24). The summed E-state index contributed by atoms with van der Waals surface area (Å²) in [5, 5.41) is 3.45. The Balaban J connectivity index is 1.83. The lowest BCUT2D eigenvalue weighted by Crippen LogP contribution is -2.32. The zero-order valence-electron chi connectivity index (χ0n) is 16.2. The first-order valence-corrected chi connectivity index (χ1v) is 9.34. The van der Waals surface area contributed by atoms with Crippen LogP contribution in [0.3, 0.4) is 0 Å². The summed E-state index contributed by atoms with van der Waals surface area (Å²) in [6.07, 6.45) is 0. The molecule has 0 aliphatic carbocycles. The topological polar surface area (TPSA) is 83.1 Å². The molecule has 0 fully saturated rings. The summed E-state index contributed by atoms with van der Waals surface area (Å²) < 4.78 is 20.7. The van der Waals surface area contributed by atoms with Crippen molar-refractivity contribution in [1.82, 2.24) is 5.32 Å². The summed E-state index contributed by atoms with van der Waals surface area (Å²) in [6, 6.07) is 9.48. The SMILES string of the molecule is COc1ccc(OC)c(C(C)NC(=O)COC(=O)COc2ccc(Cl)cc2Cl)c1. The number of esters is 1. The molecule has 1 amide bonds. The molecule has 2 aromatic carbocycles. The number of hydrogen-bond acceptors (Lipinski definition) is 6. The second kappa shape index (κ2) is 10.8. The molecule has 29 heavy (non-hydrogen) atoms. The van der Waals surface area contributed by atoms with Crippen molar-refractivity contribution in [2.45, 2.75) is 13.0 Å². The Labute approximate surface area is 178 Å². The Morgan fingerprint density at radius 3 is 2.38 bits per heavy atom. The molecule has 7 nitrogen and oxygen atoms in total. The molecule has 1 N–H and O–H groups in total. The molecule has 9 heteroatoms. The van der Waals surface area contributed by atoms with Gasteiger partial charge in [0.2, 0.25) is 0 Å². The first kappa shape index (κ1) is 22.6. The predicted molar refractivity (Wildman–Crippen MR) is 109 cm³/mol. The second-order valence-corrected chi connectivity index (χ2v) is 6.76. The fourth-order valence-corrected chi connectivity index (χ4v) is 2.92. The molecule has 0 radical (unpaired) electrons. The number of amides is 1. The molecule has 2 aromatic rings. The van der Waals surface area contributed by atoms with Crippen LogP contribution in [0.15, 0.2) is 36.4 Å². The number of rotatable bonds is 9. The number of nitrogens with one attached hydrogen (secondary N) is 1. The van der Waals surface area contributed by atoms with Gasteiger partial charge in [-0.1, -0.05) is 23.2 Å². The van der Waals surface area contributed by atoms with Gasteiger partial charge in [0.05, 0.1) is 25.3 Å². The minimum Gasteiger partial charge on any atom is -0.497 e. The van der Waals surface area contributed by atoms with Gasteiger partial charge in [-0.15, -0.1) is 0 Å². The smallest absolute Gasteiger partial charge is 0.344 e. The van der Waals surface area contributed by atoms with Crippen molar-refractivity contribution in [2.75, 3.05) is 27.4 Å². The van der Waals surface area contributed by atoms with Gasteiger partial charge in [-0.3, -0.25) is 4.79 Å². The molecule has 0 bridgehead atoms. The van der Waals surface area contributed by atoms with Crippen molar-refractivity contribution in [1.29, 1.82) is 0 Å². The maximum Gasteiger partial charge on any atom is 0.344 e. The molecular weight excluding hydrogens is 421 g/mol. The van der Waals surface area contributed by atoms with E-state index in [0.29, 0.717) is 16.5 Å². The number of methoxy groups -OCH3 is 2. The highest BCUT2D eigenvalue weighted by Crippen LogP contribution is 2.29. The van der Waals surface area contributed by atoms with Crippen LogP contribution in [0.5, 0.6) is 17.2 Å². The van der Waals surface area contributed by atoms with E-state index < -0.39 is 31.1 Å². The maximum atomic E-state index is 12.1. The lowest BCUT2D eigenvalue weighted by Gasteiger charge is -2.18. The summed E-state index contributed by atoms with van der Waals surface area (Å²) in [6.45, 7) is 0.934. The summed E-state index contributed by atoms with van der Waals surface area (Å²) in [4.78, 5) is 23.9. The predicted octanol–water partition coefficient (Wildman–Crippen LogP) is 3.81. The summed E-state index contributed by atoms with van der Waals surface area (Å²) in [5.74, 6) is 0.337. The molecule has 156 valence electrons. The van der Waals surface area contributed by atoms with Crippen molar-refractivity contribution < 1.29 is 28.5 Å². The molecule has 2 rings (SSSR count). The van der Waals surface area contributed by atoms with Gasteiger partial charge in [0.25, 0.3) is 5.91 Å². The molecule has 0 saturated heterocycles. The van der Waals surface area contributed by atoms with E-state index in [-0.39, 0.29) is 10.8 Å². The highest BCUT2D eigenvalue weighted by atomic mass is 35.5. The van der Waals surface area contributed by atoms with Gasteiger partial charge >= 0.3 is 5.97 Å². The largest absolute Gasteiger partial charge is 0.497 e. The quantitative estimate of drug-likeness (QED) is 0.595. The van der Waals surface area contributed by atoms with Gasteiger partial charge in [-0.2, -0.15) is 0 Å².